The van der Waals surface area contributed by atoms with Crippen LogP contribution in [0, 0.1) is 5.92 Å². The molecule has 0 aromatic rings. The van der Waals surface area contributed by atoms with Crippen molar-refractivity contribution < 1.29 is 0 Å². The molecule has 0 aromatic heterocycles. The molecule has 0 bridgehead atoms. The molecule has 0 N–H and O–H groups in total. The summed E-state index contributed by atoms with van der Waals surface area (Å²) in [6.45, 7) is 2.33. The van der Waals surface area contributed by atoms with E-state index in [0.29, 0.717) is 20.7 Å². The second kappa shape index (κ2) is 2.80. The van der Waals surface area contributed by atoms with Crippen molar-refractivity contribution in [1.82, 2.24) is 0 Å². The van der Waals surface area contributed by atoms with Crippen LogP contribution in [-0.4, -0.2) is 8.44 Å². The average Bonchev–Trinajstić information content (AvgIpc) is 1.69. The van der Waals surface area contributed by atoms with Crippen molar-refractivity contribution in [3.8, 4) is 0 Å². The van der Waals surface area contributed by atoms with Crippen molar-refractivity contribution in [2.24, 2.45) is 5.92 Å². The molecule has 1 unspecified atom stereocenters. The number of hydrogen-bond donors (Lipinski definition) is 0. The van der Waals surface area contributed by atoms with E-state index >= 15 is 0 Å². The lowest BCUT2D eigenvalue weighted by atomic mass is 10.1. The first kappa shape index (κ1) is 5.73. The highest BCUT2D eigenvalue weighted by atomic mass is 127. The molecule has 1 atom stereocenters. The largest absolute Gasteiger partial charge is 0.127 e. The van der Waals surface area contributed by atoms with Gasteiger partial charge in [-0.15, -0.1) is 20.7 Å². The molecule has 7 heavy (non-hydrogen) atoms. The smallest absolute Gasteiger partial charge is 0.00549 e. The van der Waals surface area contributed by atoms with Crippen molar-refractivity contribution >= 4 is 24.7 Å². The predicted octanol–water partition coefficient (Wildman–Crippen LogP) is 2.19. The SMILES string of the molecule is CC1C=ICCC1. The number of hydrogen-bond acceptors (Lipinski definition) is 0. The number of halogens is 1. The third-order valence-corrected chi connectivity index (χ3v) is 4.33. The first-order valence-electron chi connectivity index (χ1n) is 2.80. The van der Waals surface area contributed by atoms with Gasteiger partial charge >= 0.3 is 0 Å². The maximum Gasteiger partial charge on any atom is -0.00549 e. The Morgan fingerprint density at radius 3 is 2.86 bits per heavy atom. The standard InChI is InChI=1S/C6H11I/c1-6-3-2-4-7-5-6/h5-6H,2-4H2,1H3. The van der Waals surface area contributed by atoms with Crippen LogP contribution in [-0.2, 0) is 0 Å². The van der Waals surface area contributed by atoms with E-state index in [9.17, 15) is 0 Å². The van der Waals surface area contributed by atoms with E-state index in [-0.39, 0.29) is 0 Å². The second-order valence-electron chi connectivity index (χ2n) is 2.09. The summed E-state index contributed by atoms with van der Waals surface area (Å²) in [5.41, 5.74) is 0. The maximum atomic E-state index is 2.54. The fourth-order valence-corrected chi connectivity index (χ4v) is 3.22. The van der Waals surface area contributed by atoms with Crippen molar-refractivity contribution in [2.45, 2.75) is 19.8 Å². The summed E-state index contributed by atoms with van der Waals surface area (Å²) in [6, 6.07) is 0. The van der Waals surface area contributed by atoms with E-state index in [2.05, 4.69) is 10.9 Å². The summed E-state index contributed by atoms with van der Waals surface area (Å²) in [4.78, 5) is 0. The zero-order chi connectivity index (χ0) is 5.11. The highest BCUT2D eigenvalue weighted by Gasteiger charge is 1.99. The van der Waals surface area contributed by atoms with Crippen LogP contribution in [0.15, 0.2) is 0 Å². The topological polar surface area (TPSA) is 0 Å². The van der Waals surface area contributed by atoms with Gasteiger partial charge in [0, 0.05) is 0 Å². The molecule has 1 aliphatic heterocycles. The lowest BCUT2D eigenvalue weighted by Crippen LogP contribution is -1.98. The highest BCUT2D eigenvalue weighted by molar-refractivity contribution is 14.2. The van der Waals surface area contributed by atoms with Gasteiger partial charge in [-0.3, -0.25) is 0 Å². The Kier molecular flexibility index (Phi) is 2.29. The van der Waals surface area contributed by atoms with Gasteiger partial charge in [0.15, 0.2) is 0 Å². The van der Waals surface area contributed by atoms with Gasteiger partial charge in [0.05, 0.1) is 0 Å². The molecular weight excluding hydrogens is 199 g/mol. The molecule has 0 saturated carbocycles. The van der Waals surface area contributed by atoms with Crippen LogP contribution in [0.4, 0.5) is 0 Å². The zero-order valence-corrected chi connectivity index (χ0v) is 6.81. The molecule has 1 aliphatic rings. The van der Waals surface area contributed by atoms with E-state index in [4.69, 9.17) is 0 Å². The van der Waals surface area contributed by atoms with E-state index < -0.39 is 0 Å². The molecule has 0 fully saturated rings. The van der Waals surface area contributed by atoms with E-state index in [1.807, 2.05) is 0 Å². The van der Waals surface area contributed by atoms with Crippen LogP contribution in [0.1, 0.15) is 19.8 Å². The fraction of sp³-hybridized carbons (Fsp3) is 0.833. The van der Waals surface area contributed by atoms with E-state index in [1.54, 1.807) is 4.43 Å². The normalized spacial score (nSPS) is 31.9. The fourth-order valence-electron chi connectivity index (χ4n) is 0.754. The molecule has 1 heterocycles. The van der Waals surface area contributed by atoms with Crippen LogP contribution in [0.25, 0.3) is 0 Å². The van der Waals surface area contributed by atoms with Crippen molar-refractivity contribution in [1.29, 1.82) is 0 Å². The molecule has 1 heteroatoms. The highest BCUT2D eigenvalue weighted by Crippen LogP contribution is 2.15. The number of alkyl halides is 1. The maximum absolute atomic E-state index is 2.54. The Labute approximate surface area is 55.1 Å². The first-order valence-corrected chi connectivity index (χ1v) is 5.58. The third-order valence-electron chi connectivity index (χ3n) is 1.21. The molecule has 0 spiro atoms. The summed E-state index contributed by atoms with van der Waals surface area (Å²) in [5.74, 6) is 0.960. The minimum absolute atomic E-state index is 0.549. The minimum Gasteiger partial charge on any atom is -0.127 e. The molecule has 0 amide bonds. The summed E-state index contributed by atoms with van der Waals surface area (Å²) < 4.78 is 4.09. The number of rotatable bonds is 0. The first-order chi connectivity index (χ1) is 3.39. The van der Waals surface area contributed by atoms with Gasteiger partial charge in [-0.1, -0.05) is 10.9 Å². The molecule has 0 nitrogen and oxygen atoms in total. The van der Waals surface area contributed by atoms with E-state index in [0.717, 1.165) is 5.92 Å². The summed E-state index contributed by atoms with van der Waals surface area (Å²) in [7, 11) is 0. The van der Waals surface area contributed by atoms with Gasteiger partial charge in [-0.25, -0.2) is 0 Å². The summed E-state index contributed by atoms with van der Waals surface area (Å²) >= 11 is 0.549. The molecular formula is C6H11I. The molecule has 1 rings (SSSR count). The second-order valence-corrected chi connectivity index (χ2v) is 4.77. The quantitative estimate of drug-likeness (QED) is 0.424. The Morgan fingerprint density at radius 2 is 2.57 bits per heavy atom. The van der Waals surface area contributed by atoms with Crippen LogP contribution in [0.3, 0.4) is 0 Å². The van der Waals surface area contributed by atoms with Crippen molar-refractivity contribution in [2.75, 3.05) is 4.43 Å². The lowest BCUT2D eigenvalue weighted by molar-refractivity contribution is 0.689. The van der Waals surface area contributed by atoms with Gasteiger partial charge in [-0.2, -0.15) is 0 Å². The molecule has 0 saturated heterocycles. The van der Waals surface area contributed by atoms with Gasteiger partial charge in [0.1, 0.15) is 0 Å². The zero-order valence-electron chi connectivity index (χ0n) is 4.65. The molecule has 0 aliphatic carbocycles. The third kappa shape index (κ3) is 1.89. The summed E-state index contributed by atoms with van der Waals surface area (Å²) in [5, 5.41) is 0. The lowest BCUT2D eigenvalue weighted by Gasteiger charge is -2.07. The monoisotopic (exact) mass is 210 g/mol. The van der Waals surface area contributed by atoms with Crippen LogP contribution < -0.4 is 0 Å². The van der Waals surface area contributed by atoms with E-state index in [1.165, 1.54) is 12.8 Å². The summed E-state index contributed by atoms with van der Waals surface area (Å²) in [6.07, 6.45) is 2.96. The van der Waals surface area contributed by atoms with Gasteiger partial charge in [0.25, 0.3) is 0 Å². The Balaban J connectivity index is 2.36. The van der Waals surface area contributed by atoms with Crippen LogP contribution >= 0.6 is 20.7 Å². The predicted molar refractivity (Wildman–Crippen MR) is 43.3 cm³/mol. The Hall–Kier alpha value is 0.600. The van der Waals surface area contributed by atoms with Gasteiger partial charge < -0.3 is 0 Å². The van der Waals surface area contributed by atoms with Crippen LogP contribution in [0.5, 0.6) is 0 Å². The van der Waals surface area contributed by atoms with Gasteiger partial charge in [0.2, 0.25) is 0 Å². The molecule has 0 aromatic carbocycles. The van der Waals surface area contributed by atoms with Gasteiger partial charge in [-0.05, 0) is 23.2 Å². The Bertz CT molecular complexity index is 76.2. The minimum atomic E-state index is 0.549. The average molecular weight is 210 g/mol. The molecule has 0 radical (unpaired) electrons. The molecule has 42 valence electrons. The Morgan fingerprint density at radius 1 is 1.71 bits per heavy atom. The van der Waals surface area contributed by atoms with Crippen LogP contribution in [0.2, 0.25) is 0 Å². The van der Waals surface area contributed by atoms with Crippen molar-refractivity contribution in [3.63, 3.8) is 0 Å². The van der Waals surface area contributed by atoms with Crippen molar-refractivity contribution in [3.05, 3.63) is 0 Å².